The Labute approximate surface area is 195 Å². The second-order valence-electron chi connectivity index (χ2n) is 9.13. The minimum atomic E-state index is 0.0403. The largest absolute Gasteiger partial charge is 0.438 e. The van der Waals surface area contributed by atoms with Gasteiger partial charge in [-0.1, -0.05) is 43.3 Å². The number of ether oxygens (including phenoxy) is 1. The molecule has 2 aliphatic rings. The summed E-state index contributed by atoms with van der Waals surface area (Å²) in [6.07, 6.45) is 2.99. The van der Waals surface area contributed by atoms with Crippen LogP contribution < -0.4 is 9.64 Å². The molecule has 1 aromatic heterocycles. The molecule has 0 atom stereocenters. The molecule has 0 saturated carbocycles. The molecule has 0 aliphatic carbocycles. The number of para-hydroxylation sites is 1. The van der Waals surface area contributed by atoms with Crippen molar-refractivity contribution in [3.63, 3.8) is 0 Å². The molecule has 0 unspecified atom stereocenters. The maximum absolute atomic E-state index is 13.3. The van der Waals surface area contributed by atoms with Crippen molar-refractivity contribution in [2.24, 2.45) is 5.92 Å². The summed E-state index contributed by atoms with van der Waals surface area (Å²) >= 11 is 0. The van der Waals surface area contributed by atoms with Gasteiger partial charge in [-0.05, 0) is 49.4 Å². The quantitative estimate of drug-likeness (QED) is 0.568. The molecule has 6 heteroatoms. The second-order valence-corrected chi connectivity index (χ2v) is 9.13. The third kappa shape index (κ3) is 4.56. The normalized spacial score (nSPS) is 16.4. The molecule has 0 radical (unpaired) electrons. The Hall–Kier alpha value is -3.41. The minimum Gasteiger partial charge on any atom is -0.438 e. The fourth-order valence-electron chi connectivity index (χ4n) is 4.56. The lowest BCUT2D eigenvalue weighted by Crippen LogP contribution is -2.38. The van der Waals surface area contributed by atoms with Crippen molar-refractivity contribution in [3.05, 3.63) is 77.0 Å². The third-order valence-electron chi connectivity index (χ3n) is 6.70. The standard InChI is InChI=1S/C27H30N4O2/c1-19-12-15-30(16-13-19)27-28-24-14-17-31(26(32)22-11-7-6-8-20(22)2)18-23(24)25(29-27)33-21-9-4-3-5-10-21/h3-11,19H,12-18H2,1-2H3. The zero-order chi connectivity index (χ0) is 22.8. The van der Waals surface area contributed by atoms with Gasteiger partial charge in [-0.15, -0.1) is 0 Å². The van der Waals surface area contributed by atoms with Crippen LogP contribution in [0.1, 0.15) is 46.9 Å². The van der Waals surface area contributed by atoms with Crippen molar-refractivity contribution in [2.45, 2.75) is 39.7 Å². The predicted molar refractivity (Wildman–Crippen MR) is 129 cm³/mol. The molecule has 2 aromatic carbocycles. The lowest BCUT2D eigenvalue weighted by atomic mass is 9.99. The van der Waals surface area contributed by atoms with Crippen molar-refractivity contribution in [1.29, 1.82) is 0 Å². The van der Waals surface area contributed by atoms with Crippen LogP contribution in [0.15, 0.2) is 54.6 Å². The van der Waals surface area contributed by atoms with E-state index < -0.39 is 0 Å². The SMILES string of the molecule is Cc1ccccc1C(=O)N1CCc2nc(N3CCC(C)CC3)nc(Oc3ccccc3)c2C1. The van der Waals surface area contributed by atoms with Crippen LogP contribution in [0, 0.1) is 12.8 Å². The van der Waals surface area contributed by atoms with Gasteiger partial charge < -0.3 is 14.5 Å². The summed E-state index contributed by atoms with van der Waals surface area (Å²) in [5.74, 6) is 2.81. The summed E-state index contributed by atoms with van der Waals surface area (Å²) in [5, 5.41) is 0. The van der Waals surface area contributed by atoms with Crippen LogP contribution in [0.2, 0.25) is 0 Å². The minimum absolute atomic E-state index is 0.0403. The first-order valence-electron chi connectivity index (χ1n) is 11.8. The summed E-state index contributed by atoms with van der Waals surface area (Å²) in [6.45, 7) is 7.28. The lowest BCUT2D eigenvalue weighted by Gasteiger charge is -2.33. The number of hydrogen-bond acceptors (Lipinski definition) is 5. The third-order valence-corrected chi connectivity index (χ3v) is 6.70. The number of piperidine rings is 1. The van der Waals surface area contributed by atoms with Crippen LogP contribution in [0.3, 0.4) is 0 Å². The topological polar surface area (TPSA) is 58.6 Å². The van der Waals surface area contributed by atoms with Gasteiger partial charge in [-0.3, -0.25) is 4.79 Å². The molecular formula is C27H30N4O2. The summed E-state index contributed by atoms with van der Waals surface area (Å²) in [7, 11) is 0. The first-order chi connectivity index (χ1) is 16.1. The molecule has 1 saturated heterocycles. The van der Waals surface area contributed by atoms with Crippen LogP contribution in [0.5, 0.6) is 11.6 Å². The molecular weight excluding hydrogens is 412 g/mol. The Morgan fingerprint density at radius 1 is 0.970 bits per heavy atom. The Morgan fingerprint density at radius 3 is 2.45 bits per heavy atom. The number of aryl methyl sites for hydroxylation is 1. The van der Waals surface area contributed by atoms with Crippen molar-refractivity contribution in [2.75, 3.05) is 24.5 Å². The molecule has 33 heavy (non-hydrogen) atoms. The molecule has 1 amide bonds. The highest BCUT2D eigenvalue weighted by atomic mass is 16.5. The number of fused-ring (bicyclic) bond motifs is 1. The number of benzene rings is 2. The van der Waals surface area contributed by atoms with Crippen molar-refractivity contribution in [3.8, 4) is 11.6 Å². The molecule has 0 bridgehead atoms. The van der Waals surface area contributed by atoms with Gasteiger partial charge in [-0.2, -0.15) is 4.98 Å². The van der Waals surface area contributed by atoms with Crippen LogP contribution in [0.4, 0.5) is 5.95 Å². The first kappa shape index (κ1) is 21.4. The van der Waals surface area contributed by atoms with E-state index >= 15 is 0 Å². The highest BCUT2D eigenvalue weighted by molar-refractivity contribution is 5.95. The average molecular weight is 443 g/mol. The van der Waals surface area contributed by atoms with Crippen LogP contribution in [0.25, 0.3) is 0 Å². The van der Waals surface area contributed by atoms with Gasteiger partial charge in [0.05, 0.1) is 17.8 Å². The van der Waals surface area contributed by atoms with Crippen LogP contribution >= 0.6 is 0 Å². The number of rotatable bonds is 4. The molecule has 0 N–H and O–H groups in total. The van der Waals surface area contributed by atoms with E-state index in [1.807, 2.05) is 66.4 Å². The predicted octanol–water partition coefficient (Wildman–Crippen LogP) is 5.01. The summed E-state index contributed by atoms with van der Waals surface area (Å²) in [4.78, 5) is 27.2. The molecule has 3 heterocycles. The molecule has 5 rings (SSSR count). The Balaban J connectivity index is 1.48. The zero-order valence-electron chi connectivity index (χ0n) is 19.3. The first-order valence-corrected chi connectivity index (χ1v) is 11.8. The van der Waals surface area contributed by atoms with Crippen LogP contribution in [-0.4, -0.2) is 40.4 Å². The fourth-order valence-corrected chi connectivity index (χ4v) is 4.56. The second kappa shape index (κ2) is 9.22. The number of carbonyl (C=O) groups excluding carboxylic acids is 1. The van der Waals surface area contributed by atoms with Crippen molar-refractivity contribution in [1.82, 2.24) is 14.9 Å². The van der Waals surface area contributed by atoms with E-state index in [1.54, 1.807) is 0 Å². The van der Waals surface area contributed by atoms with E-state index in [1.165, 1.54) is 0 Å². The number of hydrogen-bond donors (Lipinski definition) is 0. The Morgan fingerprint density at radius 2 is 1.70 bits per heavy atom. The van der Waals surface area contributed by atoms with Crippen LogP contribution in [-0.2, 0) is 13.0 Å². The molecule has 0 spiro atoms. The number of amides is 1. The Bertz CT molecular complexity index is 1140. The van der Waals surface area contributed by atoms with E-state index in [9.17, 15) is 4.79 Å². The summed E-state index contributed by atoms with van der Waals surface area (Å²) in [6, 6.07) is 17.5. The van der Waals surface area contributed by atoms with E-state index in [0.29, 0.717) is 25.4 Å². The maximum Gasteiger partial charge on any atom is 0.254 e. The number of anilines is 1. The smallest absolute Gasteiger partial charge is 0.254 e. The number of nitrogens with zero attached hydrogens (tertiary/aromatic N) is 4. The molecule has 6 nitrogen and oxygen atoms in total. The number of aromatic nitrogens is 2. The lowest BCUT2D eigenvalue weighted by molar-refractivity contribution is 0.0731. The van der Waals surface area contributed by atoms with Crippen molar-refractivity contribution < 1.29 is 9.53 Å². The zero-order valence-corrected chi connectivity index (χ0v) is 19.3. The Kier molecular flexibility index (Phi) is 5.99. The van der Waals surface area contributed by atoms with Gasteiger partial charge in [0, 0.05) is 31.6 Å². The van der Waals surface area contributed by atoms with Gasteiger partial charge in [0.15, 0.2) is 0 Å². The van der Waals surface area contributed by atoms with E-state index in [2.05, 4.69) is 11.8 Å². The summed E-state index contributed by atoms with van der Waals surface area (Å²) in [5.41, 5.74) is 3.62. The fraction of sp³-hybridized carbons (Fsp3) is 0.370. The average Bonchev–Trinajstić information content (AvgIpc) is 2.85. The van der Waals surface area contributed by atoms with Gasteiger partial charge >= 0.3 is 0 Å². The number of carbonyl (C=O) groups is 1. The monoisotopic (exact) mass is 442 g/mol. The van der Waals surface area contributed by atoms with Crippen molar-refractivity contribution >= 4 is 11.9 Å². The van der Waals surface area contributed by atoms with E-state index in [0.717, 1.165) is 65.9 Å². The maximum atomic E-state index is 13.3. The summed E-state index contributed by atoms with van der Waals surface area (Å²) < 4.78 is 6.27. The molecule has 2 aliphatic heterocycles. The highest BCUT2D eigenvalue weighted by Crippen LogP contribution is 2.33. The van der Waals surface area contributed by atoms with Gasteiger partial charge in [-0.25, -0.2) is 4.98 Å². The van der Waals surface area contributed by atoms with E-state index in [4.69, 9.17) is 14.7 Å². The van der Waals surface area contributed by atoms with Gasteiger partial charge in [0.2, 0.25) is 11.8 Å². The van der Waals surface area contributed by atoms with Gasteiger partial charge in [0.1, 0.15) is 5.75 Å². The molecule has 3 aromatic rings. The van der Waals surface area contributed by atoms with Gasteiger partial charge in [0.25, 0.3) is 5.91 Å². The van der Waals surface area contributed by atoms with E-state index in [-0.39, 0.29) is 5.91 Å². The molecule has 170 valence electrons. The molecule has 1 fully saturated rings. The highest BCUT2D eigenvalue weighted by Gasteiger charge is 2.29.